The molecule has 0 atom stereocenters. The number of nitrogens with two attached hydrogens (primary N) is 1. The maximum Gasteiger partial charge on any atom is 0.164 e. The highest BCUT2D eigenvalue weighted by atomic mass is 16.1. The Kier molecular flexibility index (Phi) is 2.99. The fraction of sp³-hybridized carbons (Fsp3) is 0.429. The summed E-state index contributed by atoms with van der Waals surface area (Å²) in [4.78, 5) is 16.5. The number of nitrogens with zero attached hydrogens (tertiary/aromatic N) is 2. The van der Waals surface area contributed by atoms with Gasteiger partial charge in [0.15, 0.2) is 5.78 Å². The van der Waals surface area contributed by atoms with E-state index in [1.165, 1.54) is 0 Å². The Hall–Kier alpha value is -1.68. The number of carbonyl (C=O) groups excluding carboxylic acids is 1. The molecule has 0 aliphatic rings. The van der Waals surface area contributed by atoms with Crippen molar-refractivity contribution in [1.82, 2.24) is 9.55 Å². The van der Waals surface area contributed by atoms with Crippen molar-refractivity contribution in [2.45, 2.75) is 32.7 Å². The minimum absolute atomic E-state index is 0.0627. The van der Waals surface area contributed by atoms with Gasteiger partial charge in [-0.1, -0.05) is 0 Å². The Morgan fingerprint density at radius 3 is 2.72 bits per heavy atom. The molecule has 4 nitrogen and oxygen atoms in total. The van der Waals surface area contributed by atoms with Crippen LogP contribution < -0.4 is 5.73 Å². The molecular formula is C14H19N3O. The van der Waals surface area contributed by atoms with Crippen LogP contribution in [0, 0.1) is 6.92 Å². The third-order valence-corrected chi connectivity index (χ3v) is 3.04. The highest BCUT2D eigenvalue weighted by Crippen LogP contribution is 2.18. The molecular weight excluding hydrogens is 226 g/mol. The van der Waals surface area contributed by atoms with Crippen LogP contribution in [0.2, 0.25) is 0 Å². The molecule has 0 aliphatic heterocycles. The number of imidazole rings is 1. The first kappa shape index (κ1) is 12.8. The van der Waals surface area contributed by atoms with E-state index in [1.54, 1.807) is 0 Å². The summed E-state index contributed by atoms with van der Waals surface area (Å²) in [7, 11) is 1.97. The summed E-state index contributed by atoms with van der Waals surface area (Å²) < 4.78 is 2.01. The van der Waals surface area contributed by atoms with Gasteiger partial charge in [-0.3, -0.25) is 4.79 Å². The molecule has 0 fully saturated rings. The highest BCUT2D eigenvalue weighted by molar-refractivity contribution is 5.99. The molecule has 18 heavy (non-hydrogen) atoms. The van der Waals surface area contributed by atoms with Crippen LogP contribution in [0.3, 0.4) is 0 Å². The smallest absolute Gasteiger partial charge is 0.164 e. The molecule has 2 rings (SSSR count). The van der Waals surface area contributed by atoms with Gasteiger partial charge < -0.3 is 10.3 Å². The predicted octanol–water partition coefficient (Wildman–Crippen LogP) is 2.19. The lowest BCUT2D eigenvalue weighted by Crippen LogP contribution is -2.34. The molecule has 0 spiro atoms. The van der Waals surface area contributed by atoms with E-state index in [2.05, 4.69) is 4.98 Å². The number of aromatic nitrogens is 2. The summed E-state index contributed by atoms with van der Waals surface area (Å²) in [6.45, 7) is 5.66. The lowest BCUT2D eigenvalue weighted by Gasteiger charge is -2.16. The first-order valence-corrected chi connectivity index (χ1v) is 6.03. The van der Waals surface area contributed by atoms with Crippen molar-refractivity contribution in [3.63, 3.8) is 0 Å². The molecule has 2 aromatic rings. The number of hydrogen-bond acceptors (Lipinski definition) is 3. The Morgan fingerprint density at radius 2 is 2.11 bits per heavy atom. The Morgan fingerprint density at radius 1 is 1.44 bits per heavy atom. The molecule has 0 saturated carbocycles. The first-order valence-electron chi connectivity index (χ1n) is 6.03. The van der Waals surface area contributed by atoms with Crippen molar-refractivity contribution in [3.05, 3.63) is 29.6 Å². The highest BCUT2D eigenvalue weighted by Gasteiger charge is 2.18. The molecule has 2 N–H and O–H groups in total. The van der Waals surface area contributed by atoms with Crippen LogP contribution in [-0.2, 0) is 7.05 Å². The normalized spacial score (nSPS) is 12.1. The van der Waals surface area contributed by atoms with Gasteiger partial charge >= 0.3 is 0 Å². The zero-order chi connectivity index (χ0) is 13.5. The zero-order valence-corrected chi connectivity index (χ0v) is 11.3. The van der Waals surface area contributed by atoms with E-state index >= 15 is 0 Å². The van der Waals surface area contributed by atoms with E-state index in [9.17, 15) is 4.79 Å². The number of fused-ring (bicyclic) bond motifs is 1. The van der Waals surface area contributed by atoms with Gasteiger partial charge in [-0.15, -0.1) is 0 Å². The predicted molar refractivity (Wildman–Crippen MR) is 72.7 cm³/mol. The molecule has 0 amide bonds. The van der Waals surface area contributed by atoms with Gasteiger partial charge in [-0.25, -0.2) is 4.98 Å². The van der Waals surface area contributed by atoms with Crippen molar-refractivity contribution in [3.8, 4) is 0 Å². The molecule has 0 unspecified atom stereocenters. The average molecular weight is 245 g/mol. The van der Waals surface area contributed by atoms with E-state index in [4.69, 9.17) is 5.73 Å². The largest absolute Gasteiger partial charge is 0.331 e. The van der Waals surface area contributed by atoms with Gasteiger partial charge in [0.25, 0.3) is 0 Å². The maximum atomic E-state index is 12.1. The molecule has 0 aliphatic carbocycles. The summed E-state index contributed by atoms with van der Waals surface area (Å²) in [6.07, 6.45) is 0.338. The lowest BCUT2D eigenvalue weighted by molar-refractivity contribution is 0.0960. The van der Waals surface area contributed by atoms with E-state index in [-0.39, 0.29) is 5.78 Å². The zero-order valence-electron chi connectivity index (χ0n) is 11.3. The van der Waals surface area contributed by atoms with Crippen LogP contribution in [0.4, 0.5) is 0 Å². The van der Waals surface area contributed by atoms with Crippen molar-refractivity contribution >= 4 is 16.8 Å². The Labute approximate surface area is 107 Å². The van der Waals surface area contributed by atoms with Gasteiger partial charge in [0.05, 0.1) is 11.0 Å². The Balaban J connectivity index is 2.39. The molecule has 1 aromatic carbocycles. The molecule has 0 saturated heterocycles. The quantitative estimate of drug-likeness (QED) is 0.843. The molecule has 0 radical (unpaired) electrons. The van der Waals surface area contributed by atoms with Crippen molar-refractivity contribution in [2.24, 2.45) is 12.8 Å². The van der Waals surface area contributed by atoms with Crippen LogP contribution in [0.5, 0.6) is 0 Å². The second-order valence-electron chi connectivity index (χ2n) is 5.51. The molecule has 96 valence electrons. The second-order valence-corrected chi connectivity index (χ2v) is 5.51. The standard InChI is InChI=1S/C14H19N3O/c1-9-16-11-7-10(5-6-12(11)17(9)4)13(18)8-14(2,3)15/h5-7H,8,15H2,1-4H3. The SMILES string of the molecule is Cc1nc2cc(C(=O)CC(C)(C)N)ccc2n1C. The number of hydrogen-bond donors (Lipinski definition) is 1. The molecule has 1 aromatic heterocycles. The van der Waals surface area contributed by atoms with Crippen LogP contribution in [-0.4, -0.2) is 20.9 Å². The van der Waals surface area contributed by atoms with Gasteiger partial charge in [-0.2, -0.15) is 0 Å². The summed E-state index contributed by atoms with van der Waals surface area (Å²) >= 11 is 0. The fourth-order valence-electron chi connectivity index (χ4n) is 2.01. The van der Waals surface area contributed by atoms with Crippen LogP contribution in [0.25, 0.3) is 11.0 Å². The summed E-state index contributed by atoms with van der Waals surface area (Å²) in [6, 6.07) is 5.63. The second kappa shape index (κ2) is 4.21. The summed E-state index contributed by atoms with van der Waals surface area (Å²) in [5.74, 6) is 1.00. The monoisotopic (exact) mass is 245 g/mol. The van der Waals surface area contributed by atoms with Crippen LogP contribution in [0.1, 0.15) is 36.5 Å². The summed E-state index contributed by atoms with van der Waals surface area (Å²) in [5, 5.41) is 0. The number of rotatable bonds is 3. The van der Waals surface area contributed by atoms with E-state index in [0.29, 0.717) is 12.0 Å². The molecule has 1 heterocycles. The van der Waals surface area contributed by atoms with Crippen molar-refractivity contribution in [1.29, 1.82) is 0 Å². The van der Waals surface area contributed by atoms with Gasteiger partial charge in [-0.05, 0) is 39.0 Å². The van der Waals surface area contributed by atoms with Gasteiger partial charge in [0.2, 0.25) is 0 Å². The average Bonchev–Trinajstić information content (AvgIpc) is 2.52. The maximum absolute atomic E-state index is 12.1. The number of Topliss-reactive ketones (excluding diaryl/α,β-unsaturated/α-hetero) is 1. The van der Waals surface area contributed by atoms with E-state index in [0.717, 1.165) is 16.9 Å². The van der Waals surface area contributed by atoms with Crippen LogP contribution in [0.15, 0.2) is 18.2 Å². The first-order chi connectivity index (χ1) is 8.28. The number of benzene rings is 1. The van der Waals surface area contributed by atoms with Gasteiger partial charge in [0, 0.05) is 24.6 Å². The van der Waals surface area contributed by atoms with Crippen LogP contribution >= 0.6 is 0 Å². The molecule has 4 heteroatoms. The van der Waals surface area contributed by atoms with Crippen molar-refractivity contribution < 1.29 is 4.79 Å². The summed E-state index contributed by atoms with van der Waals surface area (Å²) in [5.41, 5.74) is 7.97. The van der Waals surface area contributed by atoms with Gasteiger partial charge in [0.1, 0.15) is 5.82 Å². The third kappa shape index (κ3) is 2.43. The molecule has 0 bridgehead atoms. The van der Waals surface area contributed by atoms with E-state index < -0.39 is 5.54 Å². The lowest BCUT2D eigenvalue weighted by atomic mass is 9.95. The number of carbonyl (C=O) groups is 1. The fourth-order valence-corrected chi connectivity index (χ4v) is 2.01. The van der Waals surface area contributed by atoms with Crippen molar-refractivity contribution in [2.75, 3.05) is 0 Å². The van der Waals surface area contributed by atoms with E-state index in [1.807, 2.05) is 50.6 Å². The number of ketones is 1. The minimum Gasteiger partial charge on any atom is -0.331 e. The number of aryl methyl sites for hydroxylation is 2. The topological polar surface area (TPSA) is 60.9 Å². The minimum atomic E-state index is -0.480. The third-order valence-electron chi connectivity index (χ3n) is 3.04. The Bertz CT molecular complexity index is 605.